The summed E-state index contributed by atoms with van der Waals surface area (Å²) in [4.78, 5) is 16.7. The number of hydrogen-bond acceptors (Lipinski definition) is 4. The third kappa shape index (κ3) is 3.89. The monoisotopic (exact) mass is 299 g/mol. The molecule has 2 rings (SSSR count). The van der Waals surface area contributed by atoms with Gasteiger partial charge in [-0.3, -0.25) is 0 Å². The Labute approximate surface area is 123 Å². The summed E-state index contributed by atoms with van der Waals surface area (Å²) < 4.78 is 5.43. The molecule has 0 N–H and O–H groups in total. The summed E-state index contributed by atoms with van der Waals surface area (Å²) >= 11 is 3.73. The summed E-state index contributed by atoms with van der Waals surface area (Å²) in [5, 5.41) is 0. The Morgan fingerprint density at radius 2 is 2.26 bits per heavy atom. The average Bonchev–Trinajstić information content (AvgIpc) is 2.68. The predicted octanol–water partition coefficient (Wildman–Crippen LogP) is 3.90. The average molecular weight is 299 g/mol. The highest BCUT2D eigenvalue weighted by Gasteiger charge is 2.26. The number of fused-ring (bicyclic) bond motifs is 1. The zero-order chi connectivity index (χ0) is 14.0. The van der Waals surface area contributed by atoms with Crippen molar-refractivity contribution < 1.29 is 9.53 Å². The molecule has 0 aliphatic carbocycles. The van der Waals surface area contributed by atoms with Crippen LogP contribution in [0, 0.1) is 0 Å². The Morgan fingerprint density at radius 3 is 2.89 bits per heavy atom. The Bertz CT molecular complexity index is 463. The van der Waals surface area contributed by atoms with Gasteiger partial charge in [-0.1, -0.05) is 0 Å². The van der Waals surface area contributed by atoms with Crippen LogP contribution in [0.25, 0.3) is 0 Å². The quantitative estimate of drug-likeness (QED) is 0.829. The van der Waals surface area contributed by atoms with E-state index in [-0.39, 0.29) is 6.09 Å². The van der Waals surface area contributed by atoms with E-state index in [2.05, 4.69) is 12.3 Å². The standard InChI is InChI=1S/C14H21NO2S2/c1-14(2,3)17-13(16)15-6-5-12-10(8-15)7-11(19-12)9-18-4/h7H,5-6,8-9H2,1-4H3. The van der Waals surface area contributed by atoms with E-state index in [1.165, 1.54) is 15.3 Å². The second-order valence-corrected chi connectivity index (χ2v) is 7.83. The molecule has 2 heterocycles. The van der Waals surface area contributed by atoms with Gasteiger partial charge in [0.1, 0.15) is 5.60 Å². The number of ether oxygens (including phenoxy) is 1. The molecule has 1 amide bonds. The lowest BCUT2D eigenvalue weighted by Crippen LogP contribution is -2.39. The van der Waals surface area contributed by atoms with Crippen LogP contribution < -0.4 is 0 Å². The molecule has 0 saturated heterocycles. The highest BCUT2D eigenvalue weighted by Crippen LogP contribution is 2.30. The SMILES string of the molecule is CSCc1cc2c(s1)CCN(C(=O)OC(C)(C)C)C2. The lowest BCUT2D eigenvalue weighted by molar-refractivity contribution is 0.0225. The topological polar surface area (TPSA) is 29.5 Å². The number of carbonyl (C=O) groups is 1. The van der Waals surface area contributed by atoms with Gasteiger partial charge < -0.3 is 9.64 Å². The van der Waals surface area contributed by atoms with Crippen LogP contribution >= 0.6 is 23.1 Å². The van der Waals surface area contributed by atoms with Gasteiger partial charge >= 0.3 is 6.09 Å². The van der Waals surface area contributed by atoms with Crippen LogP contribution in [0.4, 0.5) is 4.79 Å². The van der Waals surface area contributed by atoms with Crippen molar-refractivity contribution in [2.45, 2.75) is 45.1 Å². The van der Waals surface area contributed by atoms with Gasteiger partial charge in [-0.2, -0.15) is 11.8 Å². The minimum Gasteiger partial charge on any atom is -0.444 e. The fourth-order valence-electron chi connectivity index (χ4n) is 2.09. The summed E-state index contributed by atoms with van der Waals surface area (Å²) in [5.41, 5.74) is 0.877. The van der Waals surface area contributed by atoms with Gasteiger partial charge in [-0.05, 0) is 45.1 Å². The number of thioether (sulfide) groups is 1. The first-order valence-corrected chi connectivity index (χ1v) is 8.67. The lowest BCUT2D eigenvalue weighted by Gasteiger charge is -2.29. The van der Waals surface area contributed by atoms with Gasteiger partial charge in [0.15, 0.2) is 0 Å². The first kappa shape index (κ1) is 14.7. The van der Waals surface area contributed by atoms with Gasteiger partial charge in [0, 0.05) is 22.1 Å². The van der Waals surface area contributed by atoms with Crippen LogP contribution in [-0.4, -0.2) is 29.4 Å². The van der Waals surface area contributed by atoms with Crippen LogP contribution in [0.2, 0.25) is 0 Å². The Balaban J connectivity index is 2.03. The molecule has 0 aromatic carbocycles. The van der Waals surface area contributed by atoms with Crippen molar-refractivity contribution >= 4 is 29.2 Å². The third-order valence-electron chi connectivity index (χ3n) is 2.86. The van der Waals surface area contributed by atoms with Crippen molar-refractivity contribution in [3.8, 4) is 0 Å². The summed E-state index contributed by atoms with van der Waals surface area (Å²) in [6, 6.07) is 2.24. The van der Waals surface area contributed by atoms with E-state index in [1.807, 2.05) is 48.8 Å². The smallest absolute Gasteiger partial charge is 0.410 e. The van der Waals surface area contributed by atoms with E-state index in [9.17, 15) is 4.79 Å². The number of hydrogen-bond donors (Lipinski definition) is 0. The van der Waals surface area contributed by atoms with E-state index in [0.29, 0.717) is 6.54 Å². The zero-order valence-electron chi connectivity index (χ0n) is 12.0. The summed E-state index contributed by atoms with van der Waals surface area (Å²) in [5.74, 6) is 1.06. The highest BCUT2D eigenvalue weighted by molar-refractivity contribution is 7.97. The highest BCUT2D eigenvalue weighted by atomic mass is 32.2. The Kier molecular flexibility index (Phi) is 4.46. The van der Waals surface area contributed by atoms with E-state index in [1.54, 1.807) is 0 Å². The fraction of sp³-hybridized carbons (Fsp3) is 0.643. The van der Waals surface area contributed by atoms with Crippen molar-refractivity contribution in [3.63, 3.8) is 0 Å². The number of rotatable bonds is 2. The van der Waals surface area contributed by atoms with Crippen LogP contribution in [0.1, 0.15) is 36.1 Å². The van der Waals surface area contributed by atoms with Crippen LogP contribution in [0.3, 0.4) is 0 Å². The van der Waals surface area contributed by atoms with E-state index >= 15 is 0 Å². The molecule has 3 nitrogen and oxygen atoms in total. The Hall–Kier alpha value is -0.680. The molecule has 1 aromatic rings. The van der Waals surface area contributed by atoms with E-state index in [0.717, 1.165) is 18.7 Å². The first-order chi connectivity index (χ1) is 8.89. The van der Waals surface area contributed by atoms with Crippen molar-refractivity contribution in [1.29, 1.82) is 0 Å². The molecule has 1 aromatic heterocycles. The molecule has 0 spiro atoms. The van der Waals surface area contributed by atoms with Gasteiger partial charge in [0.2, 0.25) is 0 Å². The minimum atomic E-state index is -0.421. The molecule has 0 bridgehead atoms. The number of nitrogens with zero attached hydrogens (tertiary/aromatic N) is 1. The Morgan fingerprint density at radius 1 is 1.53 bits per heavy atom. The predicted molar refractivity (Wildman–Crippen MR) is 81.9 cm³/mol. The first-order valence-electron chi connectivity index (χ1n) is 6.46. The fourth-order valence-corrected chi connectivity index (χ4v) is 4.01. The molecule has 0 radical (unpaired) electrons. The molecule has 1 aliphatic rings. The molecule has 0 fully saturated rings. The number of thiophene rings is 1. The zero-order valence-corrected chi connectivity index (χ0v) is 13.6. The molecule has 1 aliphatic heterocycles. The third-order valence-corrected chi connectivity index (χ3v) is 4.88. The lowest BCUT2D eigenvalue weighted by atomic mass is 10.1. The molecule has 106 valence electrons. The molecule has 0 saturated carbocycles. The van der Waals surface area contributed by atoms with Crippen LogP contribution in [-0.2, 0) is 23.5 Å². The maximum atomic E-state index is 12.1. The van der Waals surface area contributed by atoms with E-state index < -0.39 is 5.60 Å². The van der Waals surface area contributed by atoms with Crippen molar-refractivity contribution in [1.82, 2.24) is 4.90 Å². The molecule has 19 heavy (non-hydrogen) atoms. The minimum absolute atomic E-state index is 0.198. The van der Waals surface area contributed by atoms with Gasteiger partial charge in [-0.25, -0.2) is 4.79 Å². The van der Waals surface area contributed by atoms with Crippen molar-refractivity contribution in [2.75, 3.05) is 12.8 Å². The van der Waals surface area contributed by atoms with Gasteiger partial charge in [-0.15, -0.1) is 11.3 Å². The summed E-state index contributed by atoms with van der Waals surface area (Å²) in [6.45, 7) is 7.17. The normalized spacial score (nSPS) is 15.3. The maximum absolute atomic E-state index is 12.1. The second-order valence-electron chi connectivity index (χ2n) is 5.75. The molecule has 0 unspecified atom stereocenters. The van der Waals surface area contributed by atoms with E-state index in [4.69, 9.17) is 4.74 Å². The molecule has 0 atom stereocenters. The maximum Gasteiger partial charge on any atom is 0.410 e. The molecular weight excluding hydrogens is 278 g/mol. The van der Waals surface area contributed by atoms with Crippen LogP contribution in [0.5, 0.6) is 0 Å². The summed E-state index contributed by atoms with van der Waals surface area (Å²) in [6.07, 6.45) is 2.87. The van der Waals surface area contributed by atoms with Crippen molar-refractivity contribution in [3.05, 3.63) is 21.4 Å². The largest absolute Gasteiger partial charge is 0.444 e. The van der Waals surface area contributed by atoms with Crippen molar-refractivity contribution in [2.24, 2.45) is 0 Å². The number of carbonyl (C=O) groups excluding carboxylic acids is 1. The summed E-state index contributed by atoms with van der Waals surface area (Å²) in [7, 11) is 0. The second kappa shape index (κ2) is 5.75. The molecular formula is C14H21NO2S2. The van der Waals surface area contributed by atoms with Crippen LogP contribution in [0.15, 0.2) is 6.07 Å². The molecule has 5 heteroatoms. The number of amides is 1. The van der Waals surface area contributed by atoms with Gasteiger partial charge in [0.05, 0.1) is 6.54 Å². The van der Waals surface area contributed by atoms with Gasteiger partial charge in [0.25, 0.3) is 0 Å².